The number of nitro benzene ring substituents is 1. The maximum atomic E-state index is 12.5. The van der Waals surface area contributed by atoms with Crippen molar-refractivity contribution in [2.75, 3.05) is 5.32 Å². The average Bonchev–Trinajstić information content (AvgIpc) is 2.69. The van der Waals surface area contributed by atoms with Crippen LogP contribution in [0.1, 0.15) is 27.0 Å². The number of rotatable bonds is 6. The standard InChI is InChI=1S/C22H20N2O3S/c1-15-8-10-18(13-21(15)24(26)27)22(25)23-20-11-9-17(12-16(20)2)14-28-19-6-4-3-5-7-19/h3-13H,14H2,1-2H3,(H,23,25). The smallest absolute Gasteiger partial charge is 0.273 e. The van der Waals surface area contributed by atoms with E-state index in [0.29, 0.717) is 11.3 Å². The fraction of sp³-hybridized carbons (Fsp3) is 0.136. The Kier molecular flexibility index (Phi) is 6.11. The van der Waals surface area contributed by atoms with E-state index >= 15 is 0 Å². The van der Waals surface area contributed by atoms with Crippen molar-refractivity contribution in [2.45, 2.75) is 24.5 Å². The van der Waals surface area contributed by atoms with Gasteiger partial charge in [-0.15, -0.1) is 11.8 Å². The SMILES string of the molecule is Cc1cc(CSc2ccccc2)ccc1NC(=O)c1ccc(C)c([N+](=O)[O-])c1. The Hall–Kier alpha value is -3.12. The van der Waals surface area contributed by atoms with E-state index < -0.39 is 4.92 Å². The van der Waals surface area contributed by atoms with E-state index in [1.165, 1.54) is 11.0 Å². The summed E-state index contributed by atoms with van der Waals surface area (Å²) in [6, 6.07) is 20.6. The molecule has 0 atom stereocenters. The fourth-order valence-electron chi connectivity index (χ4n) is 2.78. The molecule has 142 valence electrons. The molecular weight excluding hydrogens is 372 g/mol. The average molecular weight is 392 g/mol. The monoisotopic (exact) mass is 392 g/mol. The molecule has 0 saturated carbocycles. The zero-order valence-corrected chi connectivity index (χ0v) is 16.5. The van der Waals surface area contributed by atoms with Gasteiger partial charge in [-0.25, -0.2) is 0 Å². The zero-order chi connectivity index (χ0) is 20.1. The van der Waals surface area contributed by atoms with Crippen molar-refractivity contribution in [3.8, 4) is 0 Å². The van der Waals surface area contributed by atoms with E-state index in [0.717, 1.165) is 16.9 Å². The molecule has 0 aliphatic carbocycles. The summed E-state index contributed by atoms with van der Waals surface area (Å²) in [5, 5.41) is 13.9. The van der Waals surface area contributed by atoms with Crippen molar-refractivity contribution in [3.05, 3.63) is 99.1 Å². The predicted octanol–water partition coefficient (Wildman–Crippen LogP) is 5.76. The highest BCUT2D eigenvalue weighted by molar-refractivity contribution is 7.98. The minimum absolute atomic E-state index is 0.0577. The summed E-state index contributed by atoms with van der Waals surface area (Å²) in [5.41, 5.74) is 3.54. The first-order valence-electron chi connectivity index (χ1n) is 8.78. The van der Waals surface area contributed by atoms with Crippen LogP contribution >= 0.6 is 11.8 Å². The molecule has 0 aromatic heterocycles. The van der Waals surface area contributed by atoms with Crippen molar-refractivity contribution >= 4 is 29.0 Å². The van der Waals surface area contributed by atoms with Crippen molar-refractivity contribution in [3.63, 3.8) is 0 Å². The number of nitro groups is 1. The summed E-state index contributed by atoms with van der Waals surface area (Å²) >= 11 is 1.75. The number of benzene rings is 3. The van der Waals surface area contributed by atoms with Crippen LogP contribution < -0.4 is 5.32 Å². The molecule has 0 bridgehead atoms. The van der Waals surface area contributed by atoms with E-state index in [-0.39, 0.29) is 17.2 Å². The number of nitrogens with zero attached hydrogens (tertiary/aromatic N) is 1. The van der Waals surface area contributed by atoms with Crippen molar-refractivity contribution in [1.82, 2.24) is 0 Å². The van der Waals surface area contributed by atoms with Gasteiger partial charge in [-0.1, -0.05) is 36.4 Å². The fourth-order valence-corrected chi connectivity index (χ4v) is 3.64. The predicted molar refractivity (Wildman–Crippen MR) is 113 cm³/mol. The van der Waals surface area contributed by atoms with Gasteiger partial charge in [0.05, 0.1) is 4.92 Å². The molecule has 0 unspecified atom stereocenters. The Balaban J connectivity index is 1.70. The number of aryl methyl sites for hydroxylation is 2. The lowest BCUT2D eigenvalue weighted by Crippen LogP contribution is -2.13. The molecule has 6 heteroatoms. The molecule has 1 N–H and O–H groups in total. The maximum absolute atomic E-state index is 12.5. The minimum atomic E-state index is -0.476. The van der Waals surface area contributed by atoms with E-state index in [2.05, 4.69) is 17.4 Å². The summed E-state index contributed by atoms with van der Waals surface area (Å²) in [6.07, 6.45) is 0. The van der Waals surface area contributed by atoms with E-state index in [4.69, 9.17) is 0 Å². The molecule has 3 aromatic rings. The second-order valence-electron chi connectivity index (χ2n) is 6.46. The van der Waals surface area contributed by atoms with Gasteiger partial charge in [0, 0.05) is 33.5 Å². The third-order valence-corrected chi connectivity index (χ3v) is 5.44. The molecule has 0 saturated heterocycles. The molecule has 3 rings (SSSR count). The largest absolute Gasteiger partial charge is 0.322 e. The normalized spacial score (nSPS) is 10.5. The zero-order valence-electron chi connectivity index (χ0n) is 15.6. The molecule has 0 radical (unpaired) electrons. The molecule has 1 amide bonds. The van der Waals surface area contributed by atoms with Gasteiger partial charge in [0.2, 0.25) is 0 Å². The number of hydrogen-bond acceptors (Lipinski definition) is 4. The molecule has 5 nitrogen and oxygen atoms in total. The summed E-state index contributed by atoms with van der Waals surface area (Å²) in [6.45, 7) is 3.58. The number of anilines is 1. The number of amides is 1. The first-order valence-corrected chi connectivity index (χ1v) is 9.76. The highest BCUT2D eigenvalue weighted by Gasteiger charge is 2.15. The van der Waals surface area contributed by atoms with Crippen molar-refractivity contribution < 1.29 is 9.72 Å². The number of thioether (sulfide) groups is 1. The molecule has 28 heavy (non-hydrogen) atoms. The van der Waals surface area contributed by atoms with Crippen LogP contribution in [0.15, 0.2) is 71.6 Å². The maximum Gasteiger partial charge on any atom is 0.273 e. The molecule has 3 aromatic carbocycles. The first-order chi connectivity index (χ1) is 13.4. The highest BCUT2D eigenvalue weighted by atomic mass is 32.2. The topological polar surface area (TPSA) is 72.2 Å². The van der Waals surface area contributed by atoms with Crippen LogP contribution in [0.2, 0.25) is 0 Å². The lowest BCUT2D eigenvalue weighted by Gasteiger charge is -2.11. The van der Waals surface area contributed by atoms with Gasteiger partial charge in [0.15, 0.2) is 0 Å². The number of carbonyl (C=O) groups excluding carboxylic acids is 1. The van der Waals surface area contributed by atoms with Crippen LogP contribution in [0.4, 0.5) is 11.4 Å². The Bertz CT molecular complexity index is 1020. The van der Waals surface area contributed by atoms with E-state index in [1.807, 2.05) is 43.3 Å². The Morgan fingerprint density at radius 3 is 2.43 bits per heavy atom. The van der Waals surface area contributed by atoms with Gasteiger partial charge in [-0.05, 0) is 49.2 Å². The lowest BCUT2D eigenvalue weighted by atomic mass is 10.1. The van der Waals surface area contributed by atoms with Gasteiger partial charge in [-0.3, -0.25) is 14.9 Å². The van der Waals surface area contributed by atoms with Crippen LogP contribution in [0, 0.1) is 24.0 Å². The molecule has 0 fully saturated rings. The van der Waals surface area contributed by atoms with Gasteiger partial charge < -0.3 is 5.32 Å². The van der Waals surface area contributed by atoms with Crippen LogP contribution in [-0.4, -0.2) is 10.8 Å². The Labute approximate surface area is 167 Å². The second kappa shape index (κ2) is 8.71. The van der Waals surface area contributed by atoms with Gasteiger partial charge in [0.1, 0.15) is 0 Å². The van der Waals surface area contributed by atoms with Gasteiger partial charge in [-0.2, -0.15) is 0 Å². The summed E-state index contributed by atoms with van der Waals surface area (Å²) in [5.74, 6) is 0.473. The van der Waals surface area contributed by atoms with Crippen molar-refractivity contribution in [1.29, 1.82) is 0 Å². The summed E-state index contributed by atoms with van der Waals surface area (Å²) in [4.78, 5) is 24.3. The first kappa shape index (κ1) is 19.6. The third-order valence-electron chi connectivity index (χ3n) is 4.36. The minimum Gasteiger partial charge on any atom is -0.322 e. The van der Waals surface area contributed by atoms with Crippen LogP contribution in [0.3, 0.4) is 0 Å². The Morgan fingerprint density at radius 1 is 1.00 bits per heavy atom. The quantitative estimate of drug-likeness (QED) is 0.329. The Morgan fingerprint density at radius 2 is 1.75 bits per heavy atom. The van der Waals surface area contributed by atoms with Crippen LogP contribution in [-0.2, 0) is 5.75 Å². The van der Waals surface area contributed by atoms with E-state index in [9.17, 15) is 14.9 Å². The number of nitrogens with one attached hydrogen (secondary N) is 1. The van der Waals surface area contributed by atoms with Gasteiger partial charge in [0.25, 0.3) is 11.6 Å². The van der Waals surface area contributed by atoms with Crippen LogP contribution in [0.5, 0.6) is 0 Å². The summed E-state index contributed by atoms with van der Waals surface area (Å²) < 4.78 is 0. The molecule has 0 heterocycles. The molecule has 0 spiro atoms. The summed E-state index contributed by atoms with van der Waals surface area (Å²) in [7, 11) is 0. The molecule has 0 aliphatic heterocycles. The van der Waals surface area contributed by atoms with E-state index in [1.54, 1.807) is 30.8 Å². The van der Waals surface area contributed by atoms with Gasteiger partial charge >= 0.3 is 0 Å². The number of carbonyl (C=O) groups is 1. The lowest BCUT2D eigenvalue weighted by molar-refractivity contribution is -0.385. The molecular formula is C22H20N2O3S. The third kappa shape index (κ3) is 4.78. The van der Waals surface area contributed by atoms with Crippen LogP contribution in [0.25, 0.3) is 0 Å². The molecule has 0 aliphatic rings. The number of hydrogen-bond donors (Lipinski definition) is 1. The highest BCUT2D eigenvalue weighted by Crippen LogP contribution is 2.26. The van der Waals surface area contributed by atoms with Crippen molar-refractivity contribution in [2.24, 2.45) is 0 Å². The second-order valence-corrected chi connectivity index (χ2v) is 7.51.